The Balaban J connectivity index is 2.07. The Morgan fingerprint density at radius 2 is 2.09 bits per heavy atom. The number of urea groups is 1. The van der Waals surface area contributed by atoms with Crippen molar-refractivity contribution < 1.29 is 9.90 Å². The van der Waals surface area contributed by atoms with E-state index in [1.807, 2.05) is 43.3 Å². The lowest BCUT2D eigenvalue weighted by Crippen LogP contribution is -2.37. The van der Waals surface area contributed by atoms with Gasteiger partial charge < -0.3 is 10.0 Å². The molecule has 0 aliphatic carbocycles. The van der Waals surface area contributed by atoms with Gasteiger partial charge in [-0.2, -0.15) is 5.10 Å². The second-order valence-corrected chi connectivity index (χ2v) is 5.06. The van der Waals surface area contributed by atoms with Gasteiger partial charge in [0, 0.05) is 26.2 Å². The van der Waals surface area contributed by atoms with Crippen LogP contribution in [0.1, 0.15) is 18.2 Å². The van der Waals surface area contributed by atoms with Gasteiger partial charge in [-0.25, -0.2) is 4.79 Å². The Bertz CT molecular complexity index is 610. The van der Waals surface area contributed by atoms with E-state index in [-0.39, 0.29) is 19.2 Å². The number of aliphatic hydroxyl groups is 1. The third kappa shape index (κ3) is 4.08. The van der Waals surface area contributed by atoms with E-state index in [2.05, 4.69) is 10.4 Å². The number of aryl methyl sites for hydroxylation is 2. The van der Waals surface area contributed by atoms with Crippen molar-refractivity contribution in [3.63, 3.8) is 0 Å². The van der Waals surface area contributed by atoms with Crippen LogP contribution in [0.5, 0.6) is 0 Å². The smallest absolute Gasteiger partial charge is 0.323 e. The minimum Gasteiger partial charge on any atom is -0.395 e. The Hall–Kier alpha value is -2.34. The summed E-state index contributed by atoms with van der Waals surface area (Å²) in [5.74, 6) is 0.651. The van der Waals surface area contributed by atoms with Crippen LogP contribution in [0.4, 0.5) is 10.6 Å². The average molecular weight is 302 g/mol. The van der Waals surface area contributed by atoms with Crippen LogP contribution in [-0.4, -0.2) is 39.0 Å². The van der Waals surface area contributed by atoms with Gasteiger partial charge in [-0.05, 0) is 12.0 Å². The van der Waals surface area contributed by atoms with E-state index in [0.29, 0.717) is 12.4 Å². The van der Waals surface area contributed by atoms with Gasteiger partial charge in [-0.15, -0.1) is 0 Å². The van der Waals surface area contributed by atoms with E-state index in [4.69, 9.17) is 0 Å². The molecule has 2 rings (SSSR count). The predicted octanol–water partition coefficient (Wildman–Crippen LogP) is 2.01. The average Bonchev–Trinajstić information content (AvgIpc) is 2.88. The first kappa shape index (κ1) is 16.0. The van der Waals surface area contributed by atoms with Crippen LogP contribution < -0.4 is 5.32 Å². The van der Waals surface area contributed by atoms with Crippen LogP contribution in [0, 0.1) is 0 Å². The Kier molecular flexibility index (Phi) is 5.55. The fourth-order valence-corrected chi connectivity index (χ4v) is 2.18. The molecule has 0 spiro atoms. The van der Waals surface area contributed by atoms with Gasteiger partial charge in [0.2, 0.25) is 0 Å². The lowest BCUT2D eigenvalue weighted by Gasteiger charge is -2.22. The van der Waals surface area contributed by atoms with Gasteiger partial charge in [0.25, 0.3) is 0 Å². The molecular weight excluding hydrogens is 280 g/mol. The number of benzene rings is 1. The predicted molar refractivity (Wildman–Crippen MR) is 85.5 cm³/mol. The Morgan fingerprint density at radius 1 is 1.36 bits per heavy atom. The van der Waals surface area contributed by atoms with Crippen LogP contribution in [0.25, 0.3) is 0 Å². The maximum atomic E-state index is 12.4. The monoisotopic (exact) mass is 302 g/mol. The Morgan fingerprint density at radius 3 is 2.68 bits per heavy atom. The van der Waals surface area contributed by atoms with E-state index in [0.717, 1.165) is 17.7 Å². The summed E-state index contributed by atoms with van der Waals surface area (Å²) in [7, 11) is 1.79. The van der Waals surface area contributed by atoms with Crippen LogP contribution in [0.3, 0.4) is 0 Å². The number of hydrogen-bond acceptors (Lipinski definition) is 3. The van der Waals surface area contributed by atoms with Crippen molar-refractivity contribution in [1.29, 1.82) is 0 Å². The number of anilines is 1. The molecule has 6 nitrogen and oxygen atoms in total. The van der Waals surface area contributed by atoms with E-state index in [1.165, 1.54) is 0 Å². The van der Waals surface area contributed by atoms with E-state index < -0.39 is 0 Å². The van der Waals surface area contributed by atoms with E-state index in [9.17, 15) is 9.90 Å². The topological polar surface area (TPSA) is 70.4 Å². The molecule has 1 aromatic heterocycles. The standard InChI is InChI=1S/C16H22N4O2/c1-3-14-11-15(19(2)18-14)17-16(22)20(9-10-21)12-13-7-5-4-6-8-13/h4-8,11,21H,3,9-10,12H2,1-2H3,(H,17,22). The lowest BCUT2D eigenvalue weighted by atomic mass is 10.2. The molecule has 118 valence electrons. The molecule has 0 aliphatic heterocycles. The minimum absolute atomic E-state index is 0.0775. The summed E-state index contributed by atoms with van der Waals surface area (Å²) in [6.07, 6.45) is 0.814. The summed E-state index contributed by atoms with van der Waals surface area (Å²) >= 11 is 0. The van der Waals surface area contributed by atoms with Gasteiger partial charge in [0.05, 0.1) is 12.3 Å². The molecule has 0 bridgehead atoms. The number of carbonyl (C=O) groups excluding carboxylic acids is 1. The molecule has 22 heavy (non-hydrogen) atoms. The van der Waals surface area contributed by atoms with Gasteiger partial charge in [-0.3, -0.25) is 10.00 Å². The maximum absolute atomic E-state index is 12.4. The molecule has 6 heteroatoms. The highest BCUT2D eigenvalue weighted by Crippen LogP contribution is 2.12. The zero-order chi connectivity index (χ0) is 15.9. The SMILES string of the molecule is CCc1cc(NC(=O)N(CCO)Cc2ccccc2)n(C)n1. The summed E-state index contributed by atoms with van der Waals surface area (Å²) in [5.41, 5.74) is 1.94. The molecule has 2 N–H and O–H groups in total. The number of amides is 2. The largest absolute Gasteiger partial charge is 0.395 e. The van der Waals surface area contributed by atoms with Crippen molar-refractivity contribution in [3.05, 3.63) is 47.7 Å². The summed E-state index contributed by atoms with van der Waals surface area (Å²) in [5, 5.41) is 16.3. The van der Waals surface area contributed by atoms with Crippen molar-refractivity contribution in [2.75, 3.05) is 18.5 Å². The fraction of sp³-hybridized carbons (Fsp3) is 0.375. The van der Waals surface area contributed by atoms with Crippen molar-refractivity contribution in [2.45, 2.75) is 19.9 Å². The summed E-state index contributed by atoms with van der Waals surface area (Å²) < 4.78 is 1.65. The van der Waals surface area contributed by atoms with Crippen molar-refractivity contribution in [1.82, 2.24) is 14.7 Å². The van der Waals surface area contributed by atoms with Crippen LogP contribution in [0.2, 0.25) is 0 Å². The first-order chi connectivity index (χ1) is 10.6. The molecule has 2 aromatic rings. The first-order valence-corrected chi connectivity index (χ1v) is 7.37. The Labute approximate surface area is 130 Å². The molecule has 0 radical (unpaired) electrons. The second kappa shape index (κ2) is 7.61. The molecule has 1 aromatic carbocycles. The van der Waals surface area contributed by atoms with E-state index in [1.54, 1.807) is 16.6 Å². The maximum Gasteiger partial charge on any atom is 0.323 e. The highest BCUT2D eigenvalue weighted by molar-refractivity contribution is 5.88. The third-order valence-electron chi connectivity index (χ3n) is 3.40. The van der Waals surface area contributed by atoms with Crippen molar-refractivity contribution in [3.8, 4) is 0 Å². The molecular formula is C16H22N4O2. The number of nitrogens with one attached hydrogen (secondary N) is 1. The molecule has 0 aliphatic rings. The van der Waals surface area contributed by atoms with Gasteiger partial charge in [-0.1, -0.05) is 37.3 Å². The quantitative estimate of drug-likeness (QED) is 0.857. The highest BCUT2D eigenvalue weighted by Gasteiger charge is 2.15. The molecule has 0 fully saturated rings. The van der Waals surface area contributed by atoms with Crippen LogP contribution >= 0.6 is 0 Å². The van der Waals surface area contributed by atoms with Gasteiger partial charge in [0.15, 0.2) is 0 Å². The normalized spacial score (nSPS) is 10.5. The van der Waals surface area contributed by atoms with Crippen molar-refractivity contribution in [2.24, 2.45) is 7.05 Å². The summed E-state index contributed by atoms with van der Waals surface area (Å²) in [6.45, 7) is 2.66. The minimum atomic E-state index is -0.247. The van der Waals surface area contributed by atoms with Crippen LogP contribution in [0.15, 0.2) is 36.4 Å². The highest BCUT2D eigenvalue weighted by atomic mass is 16.3. The number of aromatic nitrogens is 2. The molecule has 0 saturated heterocycles. The third-order valence-corrected chi connectivity index (χ3v) is 3.40. The van der Waals surface area contributed by atoms with Crippen molar-refractivity contribution >= 4 is 11.8 Å². The van der Waals surface area contributed by atoms with Crippen LogP contribution in [-0.2, 0) is 20.0 Å². The number of aliphatic hydroxyl groups excluding tert-OH is 1. The molecule has 0 saturated carbocycles. The number of hydrogen-bond donors (Lipinski definition) is 2. The fourth-order valence-electron chi connectivity index (χ4n) is 2.18. The second-order valence-electron chi connectivity index (χ2n) is 5.06. The molecule has 2 amide bonds. The zero-order valence-corrected chi connectivity index (χ0v) is 13.0. The number of carbonyl (C=O) groups is 1. The van der Waals surface area contributed by atoms with Gasteiger partial charge in [0.1, 0.15) is 5.82 Å². The number of nitrogens with zero attached hydrogens (tertiary/aromatic N) is 3. The lowest BCUT2D eigenvalue weighted by molar-refractivity contribution is 0.185. The molecule has 0 unspecified atom stereocenters. The molecule has 1 heterocycles. The summed E-state index contributed by atoms with van der Waals surface area (Å²) in [4.78, 5) is 14.0. The summed E-state index contributed by atoms with van der Waals surface area (Å²) in [6, 6.07) is 11.3. The van der Waals surface area contributed by atoms with Gasteiger partial charge >= 0.3 is 6.03 Å². The first-order valence-electron chi connectivity index (χ1n) is 7.37. The van der Waals surface area contributed by atoms with E-state index >= 15 is 0 Å². The zero-order valence-electron chi connectivity index (χ0n) is 13.0. The molecule has 0 atom stereocenters. The number of rotatable bonds is 6.